The molecule has 1 aromatic rings. The van der Waals surface area contributed by atoms with Gasteiger partial charge in [0.25, 0.3) is 0 Å². The number of fused-ring (bicyclic) bond motifs is 1. The lowest BCUT2D eigenvalue weighted by Gasteiger charge is -2.27. The van der Waals surface area contributed by atoms with Gasteiger partial charge in [-0.2, -0.15) is 0 Å². The normalized spacial score (nSPS) is 24.2. The average molecular weight is 281 g/mol. The predicted molar refractivity (Wildman–Crippen MR) is 69.6 cm³/mol. The van der Waals surface area contributed by atoms with E-state index in [0.717, 1.165) is 25.7 Å². The largest absolute Gasteiger partial charge is 0.313 e. The maximum Gasteiger partial charge on any atom is 0.0223 e. The van der Waals surface area contributed by atoms with E-state index in [1.165, 1.54) is 28.4 Å². The van der Waals surface area contributed by atoms with Gasteiger partial charge in [0.1, 0.15) is 0 Å². The van der Waals surface area contributed by atoms with Crippen LogP contribution in [0.3, 0.4) is 0 Å². The lowest BCUT2D eigenvalue weighted by Crippen LogP contribution is -2.35. The van der Waals surface area contributed by atoms with Crippen molar-refractivity contribution in [1.82, 2.24) is 10.6 Å². The molecule has 1 fully saturated rings. The summed E-state index contributed by atoms with van der Waals surface area (Å²) in [5.41, 5.74) is 2.96. The number of hydrogen-bond acceptors (Lipinski definition) is 2. The van der Waals surface area contributed by atoms with Crippen molar-refractivity contribution < 1.29 is 0 Å². The minimum absolute atomic E-state index is 0.627. The smallest absolute Gasteiger partial charge is 0.0223 e. The van der Waals surface area contributed by atoms with Crippen LogP contribution >= 0.6 is 15.9 Å². The van der Waals surface area contributed by atoms with Gasteiger partial charge in [-0.1, -0.05) is 28.1 Å². The summed E-state index contributed by atoms with van der Waals surface area (Å²) in [7, 11) is 0. The molecule has 0 radical (unpaired) electrons. The van der Waals surface area contributed by atoms with Gasteiger partial charge < -0.3 is 10.6 Å². The Balaban J connectivity index is 1.78. The second kappa shape index (κ2) is 4.47. The Labute approximate surface area is 105 Å². The van der Waals surface area contributed by atoms with E-state index in [4.69, 9.17) is 0 Å². The van der Waals surface area contributed by atoms with E-state index in [9.17, 15) is 0 Å². The number of rotatable bonds is 3. The molecule has 3 rings (SSSR count). The molecule has 86 valence electrons. The van der Waals surface area contributed by atoms with Crippen LogP contribution in [-0.4, -0.2) is 19.1 Å². The second-order valence-corrected chi connectivity index (χ2v) is 5.67. The molecule has 0 spiro atoms. The molecule has 1 aliphatic carbocycles. The second-order valence-electron chi connectivity index (χ2n) is 4.82. The Kier molecular flexibility index (Phi) is 3.01. The number of benzene rings is 1. The van der Waals surface area contributed by atoms with Gasteiger partial charge in [-0.3, -0.25) is 0 Å². The molecule has 2 nitrogen and oxygen atoms in total. The monoisotopic (exact) mass is 280 g/mol. The van der Waals surface area contributed by atoms with Gasteiger partial charge in [-0.05, 0) is 30.0 Å². The Morgan fingerprint density at radius 2 is 2.25 bits per heavy atom. The van der Waals surface area contributed by atoms with Crippen molar-refractivity contribution in [3.63, 3.8) is 0 Å². The minimum Gasteiger partial charge on any atom is -0.313 e. The van der Waals surface area contributed by atoms with E-state index >= 15 is 0 Å². The van der Waals surface area contributed by atoms with Crippen LogP contribution in [0, 0.1) is 0 Å². The third-order valence-corrected chi connectivity index (χ3v) is 4.26. The molecule has 1 saturated carbocycles. The maximum absolute atomic E-state index is 3.64. The van der Waals surface area contributed by atoms with Gasteiger partial charge in [-0.15, -0.1) is 0 Å². The van der Waals surface area contributed by atoms with Crippen LogP contribution in [-0.2, 0) is 6.54 Å². The standard InChI is InChI=1S/C13H17BrN2/c14-13-3-1-2-11-9(6-15-8-12(11)13)7-16-10-4-5-10/h1-3,9-10,15-16H,4-8H2. The van der Waals surface area contributed by atoms with Crippen LogP contribution in [0.5, 0.6) is 0 Å². The molecule has 1 aromatic carbocycles. The number of nitrogens with one attached hydrogen (secondary N) is 2. The zero-order valence-corrected chi connectivity index (χ0v) is 10.9. The Morgan fingerprint density at radius 3 is 3.06 bits per heavy atom. The fourth-order valence-electron chi connectivity index (χ4n) is 2.40. The van der Waals surface area contributed by atoms with Crippen LogP contribution in [0.1, 0.15) is 29.9 Å². The zero-order chi connectivity index (χ0) is 11.0. The van der Waals surface area contributed by atoms with Crippen molar-refractivity contribution in [2.75, 3.05) is 13.1 Å². The SMILES string of the molecule is Brc1cccc2c1CNCC2CNC1CC1. The quantitative estimate of drug-likeness (QED) is 0.889. The first kappa shape index (κ1) is 10.8. The average Bonchev–Trinajstić information content (AvgIpc) is 3.11. The first-order chi connectivity index (χ1) is 7.84. The Morgan fingerprint density at radius 1 is 1.38 bits per heavy atom. The lowest BCUT2D eigenvalue weighted by molar-refractivity contribution is 0.501. The van der Waals surface area contributed by atoms with Crippen LogP contribution in [0.15, 0.2) is 22.7 Å². The van der Waals surface area contributed by atoms with E-state index in [1.807, 2.05) is 0 Å². The molecule has 0 bridgehead atoms. The summed E-state index contributed by atoms with van der Waals surface area (Å²) in [5, 5.41) is 7.14. The number of halogens is 1. The first-order valence-corrected chi connectivity index (χ1v) is 6.85. The molecule has 16 heavy (non-hydrogen) atoms. The molecular formula is C13H17BrN2. The lowest BCUT2D eigenvalue weighted by atomic mass is 9.91. The Hall–Kier alpha value is -0.380. The molecule has 2 aliphatic rings. The molecule has 3 heteroatoms. The van der Waals surface area contributed by atoms with Crippen LogP contribution < -0.4 is 10.6 Å². The van der Waals surface area contributed by atoms with Crippen molar-refractivity contribution in [2.24, 2.45) is 0 Å². The van der Waals surface area contributed by atoms with Crippen LogP contribution in [0.4, 0.5) is 0 Å². The fourth-order valence-corrected chi connectivity index (χ4v) is 2.93. The third-order valence-electron chi connectivity index (χ3n) is 3.52. The summed E-state index contributed by atoms with van der Waals surface area (Å²) in [6.45, 7) is 3.21. The van der Waals surface area contributed by atoms with E-state index < -0.39 is 0 Å². The Bertz CT molecular complexity index is 388. The molecule has 1 aliphatic heterocycles. The van der Waals surface area contributed by atoms with Crippen LogP contribution in [0.25, 0.3) is 0 Å². The van der Waals surface area contributed by atoms with Crippen molar-refractivity contribution in [2.45, 2.75) is 31.3 Å². The first-order valence-electron chi connectivity index (χ1n) is 6.06. The van der Waals surface area contributed by atoms with Gasteiger partial charge in [0.05, 0.1) is 0 Å². The zero-order valence-electron chi connectivity index (χ0n) is 9.30. The van der Waals surface area contributed by atoms with E-state index in [1.54, 1.807) is 0 Å². The van der Waals surface area contributed by atoms with Crippen molar-refractivity contribution in [1.29, 1.82) is 0 Å². The molecule has 1 heterocycles. The highest BCUT2D eigenvalue weighted by Gasteiger charge is 2.25. The molecule has 1 atom stereocenters. The summed E-state index contributed by atoms with van der Waals surface area (Å²) < 4.78 is 1.24. The molecule has 0 amide bonds. The van der Waals surface area contributed by atoms with Gasteiger partial charge in [-0.25, -0.2) is 0 Å². The van der Waals surface area contributed by atoms with E-state index in [0.29, 0.717) is 5.92 Å². The fraction of sp³-hybridized carbons (Fsp3) is 0.538. The highest BCUT2D eigenvalue weighted by molar-refractivity contribution is 9.10. The minimum atomic E-state index is 0.627. The molecular weight excluding hydrogens is 264 g/mol. The summed E-state index contributed by atoms with van der Waals surface area (Å²) >= 11 is 3.64. The van der Waals surface area contributed by atoms with Gasteiger partial charge in [0.15, 0.2) is 0 Å². The molecule has 1 unspecified atom stereocenters. The summed E-state index contributed by atoms with van der Waals surface area (Å²) in [6.07, 6.45) is 2.73. The summed E-state index contributed by atoms with van der Waals surface area (Å²) in [4.78, 5) is 0. The van der Waals surface area contributed by atoms with Gasteiger partial charge in [0, 0.05) is 36.1 Å². The topological polar surface area (TPSA) is 24.1 Å². The molecule has 0 saturated heterocycles. The van der Waals surface area contributed by atoms with Crippen LogP contribution in [0.2, 0.25) is 0 Å². The van der Waals surface area contributed by atoms with Crippen molar-refractivity contribution >= 4 is 15.9 Å². The van der Waals surface area contributed by atoms with E-state index in [2.05, 4.69) is 44.8 Å². The third kappa shape index (κ3) is 2.17. The van der Waals surface area contributed by atoms with E-state index in [-0.39, 0.29) is 0 Å². The summed E-state index contributed by atoms with van der Waals surface area (Å²) in [6, 6.07) is 7.37. The van der Waals surface area contributed by atoms with Crippen molar-refractivity contribution in [3.8, 4) is 0 Å². The van der Waals surface area contributed by atoms with Crippen molar-refractivity contribution in [3.05, 3.63) is 33.8 Å². The van der Waals surface area contributed by atoms with Gasteiger partial charge in [0.2, 0.25) is 0 Å². The molecule has 2 N–H and O–H groups in total. The molecule has 0 aromatic heterocycles. The predicted octanol–water partition coefficient (Wildman–Crippen LogP) is 2.39. The highest BCUT2D eigenvalue weighted by atomic mass is 79.9. The maximum atomic E-state index is 3.64. The number of hydrogen-bond donors (Lipinski definition) is 2. The highest BCUT2D eigenvalue weighted by Crippen LogP contribution is 2.30. The van der Waals surface area contributed by atoms with Gasteiger partial charge >= 0.3 is 0 Å². The summed E-state index contributed by atoms with van der Waals surface area (Å²) in [5.74, 6) is 0.627.